The van der Waals surface area contributed by atoms with Gasteiger partial charge in [-0.2, -0.15) is 0 Å². The van der Waals surface area contributed by atoms with Crippen LogP contribution in [0.25, 0.3) is 0 Å². The minimum Gasteiger partial charge on any atom is -0.395 e. The van der Waals surface area contributed by atoms with E-state index in [0.717, 1.165) is 0 Å². The van der Waals surface area contributed by atoms with Crippen molar-refractivity contribution in [2.75, 3.05) is 6.61 Å². The van der Waals surface area contributed by atoms with Crippen molar-refractivity contribution in [1.29, 1.82) is 0 Å². The number of hydrogen-bond acceptors (Lipinski definition) is 2. The molecule has 2 heteroatoms. The number of nitrogens with one attached hydrogen (secondary N) is 1. The van der Waals surface area contributed by atoms with Crippen molar-refractivity contribution in [2.24, 2.45) is 0 Å². The quantitative estimate of drug-likeness (QED) is 0.800. The summed E-state index contributed by atoms with van der Waals surface area (Å²) in [4.78, 5) is 0. The van der Waals surface area contributed by atoms with Crippen LogP contribution >= 0.6 is 0 Å². The number of benzene rings is 1. The average Bonchev–Trinajstić information content (AvgIpc) is 2.29. The Morgan fingerprint density at radius 1 is 1.19 bits per heavy atom. The zero-order valence-corrected chi connectivity index (χ0v) is 10.7. The Kier molecular flexibility index (Phi) is 4.51. The molecule has 90 valence electrons. The third kappa shape index (κ3) is 3.06. The molecule has 1 rings (SSSR count). The Hall–Kier alpha value is -0.860. The molecule has 2 atom stereocenters. The molecular weight excluding hydrogens is 198 g/mol. The van der Waals surface area contributed by atoms with E-state index in [1.165, 1.54) is 5.56 Å². The van der Waals surface area contributed by atoms with Gasteiger partial charge in [-0.05, 0) is 19.4 Å². The van der Waals surface area contributed by atoms with Gasteiger partial charge in [0, 0.05) is 17.5 Å². The lowest BCUT2D eigenvalue weighted by molar-refractivity contribution is 0.224. The van der Waals surface area contributed by atoms with Crippen LogP contribution in [0.3, 0.4) is 0 Å². The molecule has 0 amide bonds. The summed E-state index contributed by atoms with van der Waals surface area (Å²) in [7, 11) is 0. The van der Waals surface area contributed by atoms with Crippen molar-refractivity contribution >= 4 is 0 Å². The first-order valence-electron chi connectivity index (χ1n) is 5.91. The van der Waals surface area contributed by atoms with E-state index in [1.54, 1.807) is 0 Å². The van der Waals surface area contributed by atoms with Gasteiger partial charge < -0.3 is 10.4 Å². The van der Waals surface area contributed by atoms with Gasteiger partial charge in [-0.1, -0.05) is 44.2 Å². The second kappa shape index (κ2) is 5.46. The van der Waals surface area contributed by atoms with Gasteiger partial charge in [-0.3, -0.25) is 0 Å². The molecule has 2 N–H and O–H groups in total. The molecule has 0 aromatic heterocycles. The van der Waals surface area contributed by atoms with Crippen LogP contribution in [0.1, 0.15) is 33.3 Å². The average molecular weight is 221 g/mol. The highest BCUT2D eigenvalue weighted by Crippen LogP contribution is 2.26. The second-order valence-corrected chi connectivity index (χ2v) is 5.06. The van der Waals surface area contributed by atoms with Gasteiger partial charge in [0.2, 0.25) is 0 Å². The summed E-state index contributed by atoms with van der Waals surface area (Å²) in [5.41, 5.74) is 1.38. The molecule has 0 bridgehead atoms. The fourth-order valence-corrected chi connectivity index (χ4v) is 1.81. The monoisotopic (exact) mass is 221 g/mol. The van der Waals surface area contributed by atoms with Crippen molar-refractivity contribution in [3.05, 3.63) is 35.9 Å². The van der Waals surface area contributed by atoms with Crippen LogP contribution < -0.4 is 5.32 Å². The molecule has 0 saturated carbocycles. The zero-order valence-electron chi connectivity index (χ0n) is 10.7. The Morgan fingerprint density at radius 3 is 2.25 bits per heavy atom. The highest BCUT2D eigenvalue weighted by molar-refractivity contribution is 5.25. The third-order valence-electron chi connectivity index (χ3n) is 3.41. The maximum atomic E-state index is 9.06. The number of aliphatic hydroxyl groups is 1. The predicted octanol–water partition coefficient (Wildman–Crippen LogP) is 2.32. The lowest BCUT2D eigenvalue weighted by Crippen LogP contribution is -2.47. The number of aliphatic hydroxyl groups excluding tert-OH is 1. The minimum atomic E-state index is 0.0602. The maximum Gasteiger partial charge on any atom is 0.0582 e. The first-order chi connectivity index (χ1) is 7.48. The van der Waals surface area contributed by atoms with Crippen LogP contribution in [-0.4, -0.2) is 23.8 Å². The van der Waals surface area contributed by atoms with E-state index < -0.39 is 0 Å². The molecule has 0 spiro atoms. The molecular formula is C14H23NO. The summed E-state index contributed by atoms with van der Waals surface area (Å²) >= 11 is 0. The lowest BCUT2D eigenvalue weighted by Gasteiger charge is -2.34. The Balaban J connectivity index is 2.77. The Labute approximate surface area is 98.7 Å². The highest BCUT2D eigenvalue weighted by Gasteiger charge is 2.28. The summed E-state index contributed by atoms with van der Waals surface area (Å²) in [5, 5.41) is 12.5. The van der Waals surface area contributed by atoms with Gasteiger partial charge in [-0.25, -0.2) is 0 Å². The molecule has 1 aromatic rings. The van der Waals surface area contributed by atoms with Crippen LogP contribution in [0.5, 0.6) is 0 Å². The van der Waals surface area contributed by atoms with Crippen molar-refractivity contribution < 1.29 is 5.11 Å². The maximum absolute atomic E-state index is 9.06. The highest BCUT2D eigenvalue weighted by atomic mass is 16.3. The van der Waals surface area contributed by atoms with E-state index in [0.29, 0.717) is 6.04 Å². The van der Waals surface area contributed by atoms with Crippen LogP contribution in [-0.2, 0) is 5.41 Å². The molecule has 0 aliphatic heterocycles. The Morgan fingerprint density at radius 2 is 1.75 bits per heavy atom. The van der Waals surface area contributed by atoms with Gasteiger partial charge in [-0.15, -0.1) is 0 Å². The van der Waals surface area contributed by atoms with Gasteiger partial charge in [0.05, 0.1) is 6.61 Å². The van der Waals surface area contributed by atoms with Gasteiger partial charge >= 0.3 is 0 Å². The molecule has 0 aliphatic rings. The molecule has 2 unspecified atom stereocenters. The van der Waals surface area contributed by atoms with Crippen molar-refractivity contribution in [3.8, 4) is 0 Å². The van der Waals surface area contributed by atoms with E-state index in [1.807, 2.05) is 13.0 Å². The smallest absolute Gasteiger partial charge is 0.0582 e. The van der Waals surface area contributed by atoms with Gasteiger partial charge in [0.1, 0.15) is 0 Å². The summed E-state index contributed by atoms with van der Waals surface area (Å²) in [6.45, 7) is 8.79. The SMILES string of the molecule is CC(CO)NC(C)C(C)(C)c1ccccc1. The molecule has 0 saturated heterocycles. The largest absolute Gasteiger partial charge is 0.395 e. The predicted molar refractivity (Wildman–Crippen MR) is 68.6 cm³/mol. The van der Waals surface area contributed by atoms with E-state index in [4.69, 9.17) is 5.11 Å². The molecule has 0 heterocycles. The summed E-state index contributed by atoms with van der Waals surface area (Å²) < 4.78 is 0. The number of hydrogen-bond donors (Lipinski definition) is 2. The minimum absolute atomic E-state index is 0.0602. The first kappa shape index (κ1) is 13.2. The molecule has 0 radical (unpaired) electrons. The molecule has 0 aliphatic carbocycles. The fourth-order valence-electron chi connectivity index (χ4n) is 1.81. The van der Waals surface area contributed by atoms with Crippen molar-refractivity contribution in [2.45, 2.75) is 45.2 Å². The van der Waals surface area contributed by atoms with Crippen LogP contribution in [0.4, 0.5) is 0 Å². The first-order valence-corrected chi connectivity index (χ1v) is 5.91. The summed E-state index contributed by atoms with van der Waals surface area (Å²) in [6, 6.07) is 10.9. The van der Waals surface area contributed by atoms with E-state index in [9.17, 15) is 0 Å². The van der Waals surface area contributed by atoms with Crippen molar-refractivity contribution in [3.63, 3.8) is 0 Å². The van der Waals surface area contributed by atoms with Crippen LogP contribution in [0.2, 0.25) is 0 Å². The molecule has 0 fully saturated rings. The van der Waals surface area contributed by atoms with E-state index in [-0.39, 0.29) is 18.1 Å². The van der Waals surface area contributed by atoms with E-state index >= 15 is 0 Å². The second-order valence-electron chi connectivity index (χ2n) is 5.06. The standard InChI is InChI=1S/C14H23NO/c1-11(10-16)15-12(2)14(3,4)13-8-6-5-7-9-13/h5-9,11-12,15-16H,10H2,1-4H3. The van der Waals surface area contributed by atoms with Crippen molar-refractivity contribution in [1.82, 2.24) is 5.32 Å². The van der Waals surface area contributed by atoms with Crippen LogP contribution in [0.15, 0.2) is 30.3 Å². The van der Waals surface area contributed by atoms with Crippen LogP contribution in [0, 0.1) is 0 Å². The molecule has 1 aromatic carbocycles. The zero-order chi connectivity index (χ0) is 12.2. The van der Waals surface area contributed by atoms with Gasteiger partial charge in [0.15, 0.2) is 0 Å². The lowest BCUT2D eigenvalue weighted by atomic mass is 9.78. The normalized spacial score (nSPS) is 15.8. The third-order valence-corrected chi connectivity index (χ3v) is 3.41. The topological polar surface area (TPSA) is 32.3 Å². The van der Waals surface area contributed by atoms with Gasteiger partial charge in [0.25, 0.3) is 0 Å². The molecule has 16 heavy (non-hydrogen) atoms. The van der Waals surface area contributed by atoms with E-state index in [2.05, 4.69) is 50.4 Å². The fraction of sp³-hybridized carbons (Fsp3) is 0.571. The molecule has 2 nitrogen and oxygen atoms in total. The number of rotatable bonds is 5. The summed E-state index contributed by atoms with van der Waals surface area (Å²) in [5.74, 6) is 0. The Bertz CT molecular complexity index is 308. The summed E-state index contributed by atoms with van der Waals surface area (Å²) in [6.07, 6.45) is 0.